The van der Waals surface area contributed by atoms with Gasteiger partial charge in [-0.3, -0.25) is 0 Å². The van der Waals surface area contributed by atoms with Gasteiger partial charge in [0.15, 0.2) is 0 Å². The Morgan fingerprint density at radius 1 is 1.16 bits per heavy atom. The third-order valence-corrected chi connectivity index (χ3v) is 3.61. The van der Waals surface area contributed by atoms with Gasteiger partial charge >= 0.3 is 0 Å². The first-order chi connectivity index (χ1) is 9.38. The summed E-state index contributed by atoms with van der Waals surface area (Å²) in [4.78, 5) is 2.43. The molecular formula is C16H20N2O. The van der Waals surface area contributed by atoms with E-state index in [2.05, 4.69) is 40.5 Å². The van der Waals surface area contributed by atoms with Gasteiger partial charge in [0.05, 0.1) is 6.61 Å². The van der Waals surface area contributed by atoms with E-state index in [1.807, 2.05) is 13.0 Å². The maximum absolute atomic E-state index is 5.73. The first-order valence-corrected chi connectivity index (χ1v) is 7.00. The van der Waals surface area contributed by atoms with Crippen molar-refractivity contribution in [3.8, 4) is 5.75 Å². The summed E-state index contributed by atoms with van der Waals surface area (Å²) >= 11 is 0. The lowest BCUT2D eigenvalue weighted by molar-refractivity contribution is 0.344. The van der Waals surface area contributed by atoms with Crippen LogP contribution in [0, 0.1) is 0 Å². The van der Waals surface area contributed by atoms with Crippen LogP contribution >= 0.6 is 0 Å². The molecule has 0 spiro atoms. The second kappa shape index (κ2) is 5.49. The monoisotopic (exact) mass is 256 g/mol. The highest BCUT2D eigenvalue weighted by atomic mass is 16.5. The van der Waals surface area contributed by atoms with Crippen LogP contribution in [0.3, 0.4) is 0 Å². The third-order valence-electron chi connectivity index (χ3n) is 3.61. The first-order valence-electron chi connectivity index (χ1n) is 7.00. The number of nitrogens with zero attached hydrogens (tertiary/aromatic N) is 1. The molecule has 3 nitrogen and oxygen atoms in total. The molecule has 3 rings (SSSR count). The molecule has 2 aromatic carbocycles. The summed E-state index contributed by atoms with van der Waals surface area (Å²) in [5.41, 5.74) is 1.29. The minimum atomic E-state index is 0.705. The molecule has 1 aliphatic heterocycles. The minimum absolute atomic E-state index is 0.705. The Hall–Kier alpha value is -1.74. The molecule has 0 aliphatic carbocycles. The van der Waals surface area contributed by atoms with Crippen LogP contribution in [0.2, 0.25) is 0 Å². The molecule has 0 atom stereocenters. The topological polar surface area (TPSA) is 24.5 Å². The summed E-state index contributed by atoms with van der Waals surface area (Å²) < 4.78 is 5.73. The highest BCUT2D eigenvalue weighted by Gasteiger charge is 2.11. The molecule has 0 aromatic heterocycles. The molecule has 3 heteroatoms. The van der Waals surface area contributed by atoms with Crippen molar-refractivity contribution >= 4 is 16.5 Å². The quantitative estimate of drug-likeness (QED) is 0.913. The number of ether oxygens (including phenoxy) is 1. The smallest absolute Gasteiger partial charge is 0.127 e. The van der Waals surface area contributed by atoms with E-state index >= 15 is 0 Å². The third kappa shape index (κ3) is 2.51. The predicted molar refractivity (Wildman–Crippen MR) is 80.2 cm³/mol. The molecule has 1 fully saturated rings. The number of hydrogen-bond acceptors (Lipinski definition) is 3. The molecule has 1 N–H and O–H groups in total. The minimum Gasteiger partial charge on any atom is -0.493 e. The van der Waals surface area contributed by atoms with Crippen LogP contribution in [0.4, 0.5) is 5.69 Å². The molecule has 0 saturated carbocycles. The Morgan fingerprint density at radius 2 is 2.00 bits per heavy atom. The van der Waals surface area contributed by atoms with Gasteiger partial charge in [-0.05, 0) is 30.5 Å². The summed E-state index contributed by atoms with van der Waals surface area (Å²) in [6.07, 6.45) is 0. The van der Waals surface area contributed by atoms with Crippen molar-refractivity contribution in [1.82, 2.24) is 5.32 Å². The van der Waals surface area contributed by atoms with Gasteiger partial charge in [-0.1, -0.05) is 18.2 Å². The fourth-order valence-corrected chi connectivity index (χ4v) is 2.63. The van der Waals surface area contributed by atoms with Crippen molar-refractivity contribution in [2.75, 3.05) is 37.7 Å². The Kier molecular flexibility index (Phi) is 3.56. The Labute approximate surface area is 114 Å². The summed E-state index contributed by atoms with van der Waals surface area (Å²) in [6, 6.07) is 12.9. The van der Waals surface area contributed by atoms with E-state index in [1.54, 1.807) is 0 Å². The Balaban J connectivity index is 2.00. The van der Waals surface area contributed by atoms with E-state index in [0.29, 0.717) is 6.61 Å². The van der Waals surface area contributed by atoms with Gasteiger partial charge in [0.2, 0.25) is 0 Å². The molecule has 1 saturated heterocycles. The van der Waals surface area contributed by atoms with E-state index in [-0.39, 0.29) is 0 Å². The zero-order valence-corrected chi connectivity index (χ0v) is 11.4. The summed E-state index contributed by atoms with van der Waals surface area (Å²) in [7, 11) is 0. The number of benzene rings is 2. The van der Waals surface area contributed by atoms with Crippen LogP contribution in [-0.2, 0) is 0 Å². The average Bonchev–Trinajstić information content (AvgIpc) is 2.48. The van der Waals surface area contributed by atoms with Gasteiger partial charge in [-0.15, -0.1) is 0 Å². The van der Waals surface area contributed by atoms with Crippen molar-refractivity contribution < 1.29 is 4.74 Å². The number of nitrogens with one attached hydrogen (secondary N) is 1. The van der Waals surface area contributed by atoms with Crippen LogP contribution in [0.25, 0.3) is 10.8 Å². The number of hydrogen-bond donors (Lipinski definition) is 1. The molecule has 1 heterocycles. The second-order valence-electron chi connectivity index (χ2n) is 4.83. The van der Waals surface area contributed by atoms with Crippen LogP contribution in [-0.4, -0.2) is 32.8 Å². The van der Waals surface area contributed by atoms with Crippen LogP contribution < -0.4 is 15.0 Å². The van der Waals surface area contributed by atoms with Crippen LogP contribution in [0.15, 0.2) is 36.4 Å². The molecule has 2 aromatic rings. The van der Waals surface area contributed by atoms with Gasteiger partial charge in [0, 0.05) is 37.3 Å². The lowest BCUT2D eigenvalue weighted by atomic mass is 10.1. The van der Waals surface area contributed by atoms with E-state index < -0.39 is 0 Å². The summed E-state index contributed by atoms with van der Waals surface area (Å²) in [6.45, 7) is 7.00. The molecule has 0 amide bonds. The number of anilines is 1. The van der Waals surface area contributed by atoms with E-state index in [1.165, 1.54) is 16.5 Å². The zero-order chi connectivity index (χ0) is 13.1. The maximum Gasteiger partial charge on any atom is 0.127 e. The van der Waals surface area contributed by atoms with E-state index in [0.717, 1.165) is 31.9 Å². The van der Waals surface area contributed by atoms with Crippen molar-refractivity contribution in [3.63, 3.8) is 0 Å². The number of piperazine rings is 1. The van der Waals surface area contributed by atoms with Crippen LogP contribution in [0.1, 0.15) is 6.92 Å². The van der Waals surface area contributed by atoms with Gasteiger partial charge in [0.25, 0.3) is 0 Å². The number of rotatable bonds is 3. The van der Waals surface area contributed by atoms with Gasteiger partial charge in [-0.25, -0.2) is 0 Å². The van der Waals surface area contributed by atoms with Crippen LogP contribution in [0.5, 0.6) is 5.75 Å². The van der Waals surface area contributed by atoms with Crippen molar-refractivity contribution in [2.24, 2.45) is 0 Å². The standard InChI is InChI=1S/C16H20N2O/c1-2-19-16-5-3-4-13-6-7-14(12-15(13)16)18-10-8-17-9-11-18/h3-7,12,17H,2,8-11H2,1H3. The van der Waals surface area contributed by atoms with E-state index in [4.69, 9.17) is 4.74 Å². The fraction of sp³-hybridized carbons (Fsp3) is 0.375. The molecule has 19 heavy (non-hydrogen) atoms. The molecule has 1 aliphatic rings. The number of fused-ring (bicyclic) bond motifs is 1. The largest absolute Gasteiger partial charge is 0.493 e. The first kappa shape index (κ1) is 12.3. The predicted octanol–water partition coefficient (Wildman–Crippen LogP) is 2.65. The molecule has 0 radical (unpaired) electrons. The highest BCUT2D eigenvalue weighted by molar-refractivity contribution is 5.91. The van der Waals surface area contributed by atoms with Gasteiger partial charge in [0.1, 0.15) is 5.75 Å². The average molecular weight is 256 g/mol. The van der Waals surface area contributed by atoms with Gasteiger partial charge < -0.3 is 15.0 Å². The van der Waals surface area contributed by atoms with E-state index in [9.17, 15) is 0 Å². The van der Waals surface area contributed by atoms with Gasteiger partial charge in [-0.2, -0.15) is 0 Å². The fourth-order valence-electron chi connectivity index (χ4n) is 2.63. The SMILES string of the molecule is CCOc1cccc2ccc(N3CCNCC3)cc12. The molecule has 0 unspecified atom stereocenters. The van der Waals surface area contributed by atoms with Crippen molar-refractivity contribution in [2.45, 2.75) is 6.92 Å². The maximum atomic E-state index is 5.73. The van der Waals surface area contributed by atoms with Crippen molar-refractivity contribution in [1.29, 1.82) is 0 Å². The zero-order valence-electron chi connectivity index (χ0n) is 11.4. The second-order valence-corrected chi connectivity index (χ2v) is 4.83. The lowest BCUT2D eigenvalue weighted by Gasteiger charge is -2.29. The van der Waals surface area contributed by atoms with Crippen molar-refractivity contribution in [3.05, 3.63) is 36.4 Å². The normalized spacial score (nSPS) is 15.7. The molecule has 0 bridgehead atoms. The summed E-state index contributed by atoms with van der Waals surface area (Å²) in [5.74, 6) is 0.983. The molecule has 100 valence electrons. The molecular weight excluding hydrogens is 236 g/mol. The highest BCUT2D eigenvalue weighted by Crippen LogP contribution is 2.29. The Morgan fingerprint density at radius 3 is 2.79 bits per heavy atom. The summed E-state index contributed by atoms with van der Waals surface area (Å²) in [5, 5.41) is 5.84. The lowest BCUT2D eigenvalue weighted by Crippen LogP contribution is -2.43. The Bertz CT molecular complexity index is 562.